The molecule has 0 saturated carbocycles. The molecular formula is C59H62N3OPt-. The number of phenols is 1. The van der Waals surface area contributed by atoms with Gasteiger partial charge in [0.25, 0.3) is 0 Å². The third kappa shape index (κ3) is 9.18. The summed E-state index contributed by atoms with van der Waals surface area (Å²) in [5.74, 6) is -2.22. The molecule has 0 fully saturated rings. The third-order valence-corrected chi connectivity index (χ3v) is 10.9. The Kier molecular flexibility index (Phi) is 5.77. The number of fused-ring (bicyclic) bond motifs is 1. The molecule has 5 heteroatoms. The molecule has 330 valence electrons. The van der Waals surface area contributed by atoms with Crippen LogP contribution in [0, 0.1) is 12.9 Å². The molecule has 8 aromatic rings. The van der Waals surface area contributed by atoms with E-state index in [0.29, 0.717) is 33.9 Å². The Bertz CT molecular complexity index is 4010. The van der Waals surface area contributed by atoms with Gasteiger partial charge in [0.2, 0.25) is 0 Å². The first kappa shape index (κ1) is 21.6. The molecular weight excluding hydrogens is 962 g/mol. The molecule has 0 radical (unpaired) electrons. The van der Waals surface area contributed by atoms with Crippen LogP contribution in [0.1, 0.15) is 151 Å². The summed E-state index contributed by atoms with van der Waals surface area (Å²) in [5.41, 5.74) is -14.3. The zero-order chi connectivity index (χ0) is 70.2. The SMILES string of the molecule is [2H]C([2H])([2H])c1cc(-n2c(-c3cc(C(C([2H])([2H])[2H])(C([2H])([2H])[2H])C([2H])([2H])[2H])cc(C(C([2H])([2H])[2H])(C([2H])([2H])[2H])C([2H])([2H])[2H])c3O)nc3c(-c4[c-]c(-c5cc(-c6ccc(C(C([2H])([2H])[2H])(C([2H])([2H])[2H])C([2H])([2H])[2H])cc6)ccn5)cc(C(C)(C)C)c4)cccc32)ccc1-c1ccccc1.[Pt]. The minimum absolute atomic E-state index is 0. The van der Waals surface area contributed by atoms with Crippen molar-refractivity contribution >= 4 is 11.0 Å². The van der Waals surface area contributed by atoms with Gasteiger partial charge in [0.15, 0.2) is 0 Å². The van der Waals surface area contributed by atoms with E-state index >= 15 is 0 Å². The fourth-order valence-electron chi connectivity index (χ4n) is 7.56. The van der Waals surface area contributed by atoms with Crippen LogP contribution in [0.2, 0.25) is 0 Å². The van der Waals surface area contributed by atoms with E-state index in [0.717, 1.165) is 12.1 Å². The molecule has 6 aromatic carbocycles. The number of aromatic hydroxyl groups is 1. The summed E-state index contributed by atoms with van der Waals surface area (Å²) in [4.78, 5) is 9.63. The molecule has 0 atom stereocenters. The van der Waals surface area contributed by atoms with Gasteiger partial charge in [-0.3, -0.25) is 9.55 Å². The van der Waals surface area contributed by atoms with E-state index in [1.54, 1.807) is 60.7 Å². The van der Waals surface area contributed by atoms with Crippen LogP contribution < -0.4 is 0 Å². The van der Waals surface area contributed by atoms with Crippen molar-refractivity contribution in [3.05, 3.63) is 167 Å². The van der Waals surface area contributed by atoms with E-state index in [2.05, 4.69) is 11.1 Å². The number of phenolic OH excluding ortho intramolecular Hbond substituents is 1. The van der Waals surface area contributed by atoms with Gasteiger partial charge in [0, 0.05) is 85.3 Å². The summed E-state index contributed by atoms with van der Waals surface area (Å²) >= 11 is 0. The van der Waals surface area contributed by atoms with Gasteiger partial charge in [-0.15, -0.1) is 29.3 Å². The van der Waals surface area contributed by atoms with Crippen molar-refractivity contribution in [1.29, 1.82) is 0 Å². The maximum absolute atomic E-state index is 13.0. The second kappa shape index (κ2) is 17.1. The van der Waals surface area contributed by atoms with Crippen LogP contribution in [0.4, 0.5) is 0 Å². The number of hydrogen-bond donors (Lipinski definition) is 1. The molecule has 0 amide bonds. The minimum atomic E-state index is -4.28. The van der Waals surface area contributed by atoms with Crippen molar-refractivity contribution < 1.29 is 67.3 Å². The second-order valence-electron chi connectivity index (χ2n) is 16.7. The predicted octanol–water partition coefficient (Wildman–Crippen LogP) is 15.8. The Hall–Kier alpha value is -5.57. The first-order chi connectivity index (χ1) is 42.0. The molecule has 1 N–H and O–H groups in total. The standard InChI is InChI=1S/C59H62N3O.Pt/c1-37-30-46(26-27-47(37)39-18-15-14-16-19-39)62-52-21-17-20-48(53(52)61-55(62)49-35-45(58(8,9)10)36-50(54(49)63)59(11,12)13)41-31-42(33-44(32-41)57(5,6)7)51-34-40(28-29-60-51)38-22-24-43(25-23-38)56(2,3)4;/h14-30,32-36,63H,1-13H3;/q-1;/i1D3,2D3,3D3,4D3,8D3,9D3,10D3,11D3,12D3,13D3;. The predicted molar refractivity (Wildman–Crippen MR) is 266 cm³/mol. The smallest absolute Gasteiger partial charge is 0.148 e. The average Bonchev–Trinajstić information content (AvgIpc) is 0.775. The summed E-state index contributed by atoms with van der Waals surface area (Å²) in [7, 11) is 0. The Balaban J connectivity index is 0.0000125. The summed E-state index contributed by atoms with van der Waals surface area (Å²) in [6.07, 6.45) is 1.44. The van der Waals surface area contributed by atoms with Crippen LogP contribution in [-0.2, 0) is 42.7 Å². The van der Waals surface area contributed by atoms with Crippen molar-refractivity contribution in [2.75, 3.05) is 0 Å². The van der Waals surface area contributed by atoms with Gasteiger partial charge in [-0.05, 0) is 97.8 Å². The van der Waals surface area contributed by atoms with Gasteiger partial charge in [-0.1, -0.05) is 178 Å². The zero-order valence-corrected chi connectivity index (χ0v) is 37.1. The number of hydrogen-bond acceptors (Lipinski definition) is 3. The van der Waals surface area contributed by atoms with Crippen molar-refractivity contribution in [1.82, 2.24) is 14.5 Å². The number of nitrogens with zero attached hydrogens (tertiary/aromatic N) is 3. The fraction of sp³-hybridized carbons (Fsp3) is 0.288. The average molecular weight is 1050 g/mol. The maximum atomic E-state index is 13.0. The molecule has 0 aliphatic carbocycles. The molecule has 2 aromatic heterocycles. The van der Waals surface area contributed by atoms with E-state index in [4.69, 9.17) is 46.1 Å². The van der Waals surface area contributed by atoms with Crippen LogP contribution in [-0.4, -0.2) is 19.6 Å². The van der Waals surface area contributed by atoms with E-state index in [-0.39, 0.29) is 71.8 Å². The minimum Gasteiger partial charge on any atom is -0.507 e. The maximum Gasteiger partial charge on any atom is 0.148 e. The monoisotopic (exact) mass is 1050 g/mol. The second-order valence-corrected chi connectivity index (χ2v) is 16.7. The largest absolute Gasteiger partial charge is 0.507 e. The normalized spacial score (nSPS) is 21.3. The molecule has 0 saturated heterocycles. The fourth-order valence-corrected chi connectivity index (χ4v) is 7.56. The van der Waals surface area contributed by atoms with Crippen molar-refractivity contribution in [2.24, 2.45) is 0 Å². The van der Waals surface area contributed by atoms with Gasteiger partial charge in [0.1, 0.15) is 11.6 Å². The van der Waals surface area contributed by atoms with Crippen LogP contribution >= 0.6 is 0 Å². The van der Waals surface area contributed by atoms with E-state index < -0.39 is 124 Å². The molecule has 64 heavy (non-hydrogen) atoms. The number of aryl methyl sites for hydroxylation is 1. The van der Waals surface area contributed by atoms with Gasteiger partial charge in [-0.2, -0.15) is 0 Å². The van der Waals surface area contributed by atoms with Gasteiger partial charge in [0.05, 0.1) is 16.6 Å². The zero-order valence-electron chi connectivity index (χ0n) is 64.8. The molecule has 2 heterocycles. The molecule has 4 nitrogen and oxygen atoms in total. The number of imidazole rings is 1. The number of para-hydroxylation sites is 1. The first-order valence-electron chi connectivity index (χ1n) is 34.8. The quantitative estimate of drug-likeness (QED) is 0.169. The van der Waals surface area contributed by atoms with Gasteiger partial charge in [-0.25, -0.2) is 4.98 Å². The number of aromatic nitrogens is 3. The number of rotatable bonds is 6. The van der Waals surface area contributed by atoms with Crippen molar-refractivity contribution in [3.63, 3.8) is 0 Å². The molecule has 8 rings (SSSR count). The van der Waals surface area contributed by atoms with Gasteiger partial charge >= 0.3 is 0 Å². The Morgan fingerprint density at radius 2 is 1.25 bits per heavy atom. The summed E-state index contributed by atoms with van der Waals surface area (Å²) < 4.78 is 259. The van der Waals surface area contributed by atoms with Crippen LogP contribution in [0.15, 0.2) is 134 Å². The molecule has 0 spiro atoms. The summed E-state index contributed by atoms with van der Waals surface area (Å²) in [6.45, 7) is -33.1. The Morgan fingerprint density at radius 3 is 1.94 bits per heavy atom. The van der Waals surface area contributed by atoms with Crippen LogP contribution in [0.3, 0.4) is 0 Å². The molecule has 0 bridgehead atoms. The topological polar surface area (TPSA) is 50.9 Å². The van der Waals surface area contributed by atoms with Gasteiger partial charge < -0.3 is 5.11 Å². The van der Waals surface area contributed by atoms with Crippen molar-refractivity contribution in [2.45, 2.75) is 111 Å². The number of benzene rings is 6. The Morgan fingerprint density at radius 1 is 0.562 bits per heavy atom. The summed E-state index contributed by atoms with van der Waals surface area (Å²) in [6, 6.07) is 32.7. The summed E-state index contributed by atoms with van der Waals surface area (Å²) in [5, 5.41) is 13.0. The molecule has 0 unspecified atom stereocenters. The van der Waals surface area contributed by atoms with Crippen LogP contribution in [0.5, 0.6) is 5.75 Å². The molecule has 0 aliphatic rings. The third-order valence-electron chi connectivity index (χ3n) is 10.9. The first-order valence-corrected chi connectivity index (χ1v) is 19.8. The Labute approximate surface area is 438 Å². The van der Waals surface area contributed by atoms with Crippen molar-refractivity contribution in [3.8, 4) is 67.5 Å². The van der Waals surface area contributed by atoms with E-state index in [9.17, 15) is 5.11 Å². The van der Waals surface area contributed by atoms with E-state index in [1.807, 2.05) is 20.8 Å². The van der Waals surface area contributed by atoms with E-state index in [1.165, 1.54) is 53.2 Å². The molecule has 0 aliphatic heterocycles. The number of pyridine rings is 1. The van der Waals surface area contributed by atoms with Crippen LogP contribution in [0.25, 0.3) is 72.7 Å².